The van der Waals surface area contributed by atoms with E-state index in [0.29, 0.717) is 17.3 Å². The lowest BCUT2D eigenvalue weighted by Gasteiger charge is -2.10. The lowest BCUT2D eigenvalue weighted by Crippen LogP contribution is -2.21. The van der Waals surface area contributed by atoms with Crippen LogP contribution in [0.15, 0.2) is 34.5 Å². The monoisotopic (exact) mass is 289 g/mol. The molecule has 2 heterocycles. The summed E-state index contributed by atoms with van der Waals surface area (Å²) < 4.78 is 1.30. The Morgan fingerprint density at radius 3 is 2.95 bits per heavy atom. The number of nitrogens with one attached hydrogen (secondary N) is 1. The third-order valence-corrected chi connectivity index (χ3v) is 3.69. The number of carbonyl (C=O) groups excluding carboxylic acids is 1. The summed E-state index contributed by atoms with van der Waals surface area (Å²) in [6, 6.07) is 0. The Labute approximate surface area is 119 Å². The van der Waals surface area contributed by atoms with Gasteiger partial charge >= 0.3 is 0 Å². The molecule has 0 aliphatic heterocycles. The minimum atomic E-state index is -0.208. The molecule has 0 unspecified atom stereocenters. The van der Waals surface area contributed by atoms with Gasteiger partial charge in [-0.15, -0.1) is 0 Å². The van der Waals surface area contributed by atoms with Crippen molar-refractivity contribution >= 4 is 34.5 Å². The zero-order valence-electron chi connectivity index (χ0n) is 10.6. The van der Waals surface area contributed by atoms with E-state index in [-0.39, 0.29) is 12.1 Å². The Morgan fingerprint density at radius 2 is 2.25 bits per heavy atom. The minimum Gasteiger partial charge on any atom is -0.345 e. The number of aromatic nitrogens is 3. The summed E-state index contributed by atoms with van der Waals surface area (Å²) in [5, 5.41) is 1.33. The molecule has 2 aromatic heterocycles. The molecule has 3 rings (SSSR count). The summed E-state index contributed by atoms with van der Waals surface area (Å²) in [5.74, 6) is 0. The number of aldehydes is 1. The highest BCUT2D eigenvalue weighted by atomic mass is 35.5. The lowest BCUT2D eigenvalue weighted by molar-refractivity contribution is -0.108. The second-order valence-corrected chi connectivity index (χ2v) is 5.09. The fourth-order valence-corrected chi connectivity index (χ4v) is 2.51. The summed E-state index contributed by atoms with van der Waals surface area (Å²) in [5.41, 5.74) is 2.20. The number of carbonyl (C=O) groups is 1. The number of hydrogen-bond acceptors (Lipinski definition) is 3. The van der Waals surface area contributed by atoms with Crippen LogP contribution in [0.25, 0.3) is 16.6 Å². The van der Waals surface area contributed by atoms with Crippen molar-refractivity contribution in [2.24, 2.45) is 0 Å². The summed E-state index contributed by atoms with van der Waals surface area (Å²) in [4.78, 5) is 30.1. The van der Waals surface area contributed by atoms with Crippen LogP contribution < -0.4 is 5.56 Å². The van der Waals surface area contributed by atoms with E-state index >= 15 is 0 Å². The van der Waals surface area contributed by atoms with Gasteiger partial charge in [-0.05, 0) is 24.5 Å². The number of rotatable bonds is 3. The molecule has 102 valence electrons. The first-order valence-corrected chi connectivity index (χ1v) is 6.64. The molecule has 0 saturated carbocycles. The molecule has 5 nitrogen and oxygen atoms in total. The molecular weight excluding hydrogens is 278 g/mol. The fraction of sp³-hybridized carbons (Fsp3) is 0.214. The van der Waals surface area contributed by atoms with Crippen LogP contribution in [0.5, 0.6) is 0 Å². The first-order chi connectivity index (χ1) is 9.70. The van der Waals surface area contributed by atoms with Crippen molar-refractivity contribution in [3.8, 4) is 0 Å². The molecule has 1 aliphatic rings. The van der Waals surface area contributed by atoms with Crippen molar-refractivity contribution in [3.05, 3.63) is 45.6 Å². The third kappa shape index (κ3) is 2.10. The molecule has 0 aromatic carbocycles. The average Bonchev–Trinajstić information content (AvgIpc) is 2.88. The van der Waals surface area contributed by atoms with Gasteiger partial charge in [0.25, 0.3) is 5.56 Å². The predicted molar refractivity (Wildman–Crippen MR) is 77.6 cm³/mol. The highest BCUT2D eigenvalue weighted by Gasteiger charge is 2.15. The number of hydrogen-bond donors (Lipinski definition) is 1. The molecule has 0 fully saturated rings. The van der Waals surface area contributed by atoms with Gasteiger partial charge in [0.2, 0.25) is 0 Å². The quantitative estimate of drug-likeness (QED) is 0.881. The van der Waals surface area contributed by atoms with Crippen LogP contribution in [0.3, 0.4) is 0 Å². The van der Waals surface area contributed by atoms with Crippen LogP contribution in [-0.2, 0) is 11.3 Å². The molecule has 0 amide bonds. The largest absolute Gasteiger partial charge is 0.345 e. The minimum absolute atomic E-state index is 0.0111. The van der Waals surface area contributed by atoms with Crippen molar-refractivity contribution < 1.29 is 4.79 Å². The van der Waals surface area contributed by atoms with Crippen molar-refractivity contribution in [3.63, 3.8) is 0 Å². The smallest absolute Gasteiger partial charge is 0.263 e. The van der Waals surface area contributed by atoms with Crippen LogP contribution in [0.1, 0.15) is 18.4 Å². The Hall–Kier alpha value is -2.14. The van der Waals surface area contributed by atoms with Crippen molar-refractivity contribution in [2.75, 3.05) is 0 Å². The van der Waals surface area contributed by atoms with Gasteiger partial charge in [-0.2, -0.15) is 0 Å². The van der Waals surface area contributed by atoms with E-state index in [1.54, 1.807) is 6.20 Å². The molecule has 20 heavy (non-hydrogen) atoms. The van der Waals surface area contributed by atoms with Crippen molar-refractivity contribution in [2.45, 2.75) is 19.4 Å². The normalized spacial score (nSPS) is 15.1. The average molecular weight is 290 g/mol. The molecule has 1 aliphatic carbocycles. The number of halogens is 1. The molecule has 0 radical (unpaired) electrons. The standard InChI is InChI=1S/C14H12ClN3O2/c15-10-3-1-9(2-4-10)11-7-16-13-12(11)14(20)18(5-6-19)8-17-13/h1,3,6-8,16H,2,4-5H2. The van der Waals surface area contributed by atoms with E-state index in [2.05, 4.69) is 9.97 Å². The van der Waals surface area contributed by atoms with E-state index in [1.165, 1.54) is 10.9 Å². The summed E-state index contributed by atoms with van der Waals surface area (Å²) in [6.07, 6.45) is 9.16. The topological polar surface area (TPSA) is 67.8 Å². The van der Waals surface area contributed by atoms with Crippen LogP contribution in [-0.4, -0.2) is 20.8 Å². The Kier molecular flexibility index (Phi) is 3.28. The number of fused-ring (bicyclic) bond motifs is 1. The maximum absolute atomic E-state index is 12.4. The van der Waals surface area contributed by atoms with Gasteiger partial charge in [0.05, 0.1) is 11.9 Å². The second kappa shape index (κ2) is 5.09. The highest BCUT2D eigenvalue weighted by Crippen LogP contribution is 2.30. The summed E-state index contributed by atoms with van der Waals surface area (Å²) in [6.45, 7) is 0.0111. The molecule has 0 bridgehead atoms. The van der Waals surface area contributed by atoms with E-state index in [1.807, 2.05) is 12.2 Å². The maximum atomic E-state index is 12.4. The SMILES string of the molecule is O=CCn1cnc2[nH]cc(C3=CC=C(Cl)CC3)c2c1=O. The first kappa shape index (κ1) is 12.9. The van der Waals surface area contributed by atoms with E-state index < -0.39 is 0 Å². The van der Waals surface area contributed by atoms with Crippen LogP contribution in [0, 0.1) is 0 Å². The van der Waals surface area contributed by atoms with Gasteiger partial charge in [0.1, 0.15) is 18.3 Å². The van der Waals surface area contributed by atoms with Gasteiger partial charge in [-0.1, -0.05) is 17.7 Å². The summed E-state index contributed by atoms with van der Waals surface area (Å²) in [7, 11) is 0. The van der Waals surface area contributed by atoms with Crippen molar-refractivity contribution in [1.29, 1.82) is 0 Å². The first-order valence-electron chi connectivity index (χ1n) is 6.26. The van der Waals surface area contributed by atoms with E-state index in [4.69, 9.17) is 11.6 Å². The fourth-order valence-electron chi connectivity index (χ4n) is 2.35. The number of nitrogens with zero attached hydrogens (tertiary/aromatic N) is 2. The third-order valence-electron chi connectivity index (χ3n) is 3.38. The molecule has 6 heteroatoms. The molecule has 2 aromatic rings. The van der Waals surface area contributed by atoms with Crippen LogP contribution in [0.4, 0.5) is 0 Å². The zero-order valence-corrected chi connectivity index (χ0v) is 11.4. The van der Waals surface area contributed by atoms with E-state index in [9.17, 15) is 9.59 Å². The zero-order chi connectivity index (χ0) is 14.1. The second-order valence-electron chi connectivity index (χ2n) is 4.60. The van der Waals surface area contributed by atoms with E-state index in [0.717, 1.165) is 29.0 Å². The number of H-pyrrole nitrogens is 1. The predicted octanol–water partition coefficient (Wildman–Crippen LogP) is 2.22. The Morgan fingerprint density at radius 1 is 1.40 bits per heavy atom. The van der Waals surface area contributed by atoms with Gasteiger partial charge in [0, 0.05) is 16.8 Å². The maximum Gasteiger partial charge on any atom is 0.263 e. The van der Waals surface area contributed by atoms with Gasteiger partial charge in [-0.25, -0.2) is 4.98 Å². The van der Waals surface area contributed by atoms with Gasteiger partial charge in [0.15, 0.2) is 0 Å². The molecule has 0 spiro atoms. The lowest BCUT2D eigenvalue weighted by atomic mass is 9.98. The molecule has 0 saturated heterocycles. The molecule has 0 atom stereocenters. The Bertz CT molecular complexity index is 798. The number of allylic oxidation sites excluding steroid dienone is 4. The van der Waals surface area contributed by atoms with Gasteiger partial charge < -0.3 is 9.78 Å². The Balaban J connectivity index is 2.20. The molecule has 1 N–H and O–H groups in total. The highest BCUT2D eigenvalue weighted by molar-refractivity contribution is 6.30. The van der Waals surface area contributed by atoms with Gasteiger partial charge in [-0.3, -0.25) is 9.36 Å². The van der Waals surface area contributed by atoms with Crippen LogP contribution in [0.2, 0.25) is 0 Å². The number of aromatic amines is 1. The van der Waals surface area contributed by atoms with Crippen LogP contribution >= 0.6 is 11.6 Å². The summed E-state index contributed by atoms with van der Waals surface area (Å²) >= 11 is 5.95. The van der Waals surface area contributed by atoms with Crippen molar-refractivity contribution in [1.82, 2.24) is 14.5 Å². The molecular formula is C14H12ClN3O2.